The van der Waals surface area contributed by atoms with Crippen molar-refractivity contribution in [3.8, 4) is 11.1 Å². The van der Waals surface area contributed by atoms with Crippen LogP contribution in [0.25, 0.3) is 11.1 Å². The average Bonchev–Trinajstić information content (AvgIpc) is 3.57. The summed E-state index contributed by atoms with van der Waals surface area (Å²) in [5.41, 5.74) is 0.550. The summed E-state index contributed by atoms with van der Waals surface area (Å²) in [7, 11) is 1.86. The third-order valence-corrected chi connectivity index (χ3v) is 6.66. The number of halogens is 2. The number of hydrogen-bond acceptors (Lipinski definition) is 6. The summed E-state index contributed by atoms with van der Waals surface area (Å²) in [4.78, 5) is 20.4. The molecule has 0 aliphatic carbocycles. The first kappa shape index (κ1) is 25.2. The van der Waals surface area contributed by atoms with Gasteiger partial charge in [0.05, 0.1) is 17.5 Å². The first-order valence-corrected chi connectivity index (χ1v) is 12.0. The highest BCUT2D eigenvalue weighted by atomic mass is 19.1. The van der Waals surface area contributed by atoms with Crippen molar-refractivity contribution in [2.45, 2.75) is 12.5 Å². The fourth-order valence-corrected chi connectivity index (χ4v) is 4.60. The Bertz CT molecular complexity index is 1450. The van der Waals surface area contributed by atoms with E-state index in [0.29, 0.717) is 38.0 Å². The van der Waals surface area contributed by atoms with Crippen LogP contribution >= 0.6 is 0 Å². The van der Waals surface area contributed by atoms with E-state index in [1.165, 1.54) is 25.4 Å². The van der Waals surface area contributed by atoms with Gasteiger partial charge in [-0.25, -0.2) is 23.7 Å². The summed E-state index contributed by atoms with van der Waals surface area (Å²) in [6, 6.07) is 5.43. The SMILES string of the molecule is Cn1cc(-c2c[nH]c(C(=NC=N)N3CCN(c4ncc([C@@](C)(O)c5c(F)cccc5F)cn4)CC3)c2)cn1. The molecule has 38 heavy (non-hydrogen) atoms. The molecule has 0 saturated carbocycles. The van der Waals surface area contributed by atoms with E-state index in [1.807, 2.05) is 30.4 Å². The minimum Gasteiger partial charge on any atom is -0.380 e. The monoisotopic (exact) mass is 519 g/mol. The Labute approximate surface area is 217 Å². The molecule has 0 radical (unpaired) electrons. The predicted molar refractivity (Wildman–Crippen MR) is 139 cm³/mol. The van der Waals surface area contributed by atoms with Crippen LogP contribution in [0.3, 0.4) is 0 Å². The van der Waals surface area contributed by atoms with E-state index in [9.17, 15) is 13.9 Å². The van der Waals surface area contributed by atoms with Gasteiger partial charge in [0, 0.05) is 74.7 Å². The van der Waals surface area contributed by atoms with Gasteiger partial charge in [-0.3, -0.25) is 10.1 Å². The van der Waals surface area contributed by atoms with Crippen molar-refractivity contribution < 1.29 is 13.9 Å². The quantitative estimate of drug-likeness (QED) is 0.266. The molecule has 1 fully saturated rings. The third kappa shape index (κ3) is 4.77. The molecule has 10 nitrogen and oxygen atoms in total. The molecule has 3 N–H and O–H groups in total. The molecule has 0 bridgehead atoms. The van der Waals surface area contributed by atoms with Gasteiger partial charge in [-0.05, 0) is 25.1 Å². The van der Waals surface area contributed by atoms with E-state index in [2.05, 4.69) is 29.9 Å². The molecular formula is C26H27F2N9O. The molecular weight excluding hydrogens is 492 g/mol. The van der Waals surface area contributed by atoms with E-state index in [0.717, 1.165) is 35.3 Å². The van der Waals surface area contributed by atoms with Crippen molar-refractivity contribution in [2.24, 2.45) is 12.0 Å². The summed E-state index contributed by atoms with van der Waals surface area (Å²) in [6.45, 7) is 3.71. The average molecular weight is 520 g/mol. The number of benzene rings is 1. The number of piperazine rings is 1. The number of anilines is 1. The normalized spacial score (nSPS) is 16.0. The number of aromatic amines is 1. The first-order valence-electron chi connectivity index (χ1n) is 12.0. The van der Waals surface area contributed by atoms with E-state index < -0.39 is 22.8 Å². The van der Waals surface area contributed by atoms with Crippen LogP contribution in [0.4, 0.5) is 14.7 Å². The van der Waals surface area contributed by atoms with Crippen LogP contribution in [0.2, 0.25) is 0 Å². The predicted octanol–water partition coefficient (Wildman–Crippen LogP) is 2.92. The summed E-state index contributed by atoms with van der Waals surface area (Å²) >= 11 is 0. The molecule has 0 amide bonds. The maximum absolute atomic E-state index is 14.3. The molecule has 196 valence electrons. The Morgan fingerprint density at radius 2 is 1.79 bits per heavy atom. The summed E-state index contributed by atoms with van der Waals surface area (Å²) in [5.74, 6) is -0.573. The lowest BCUT2D eigenvalue weighted by molar-refractivity contribution is 0.0926. The van der Waals surface area contributed by atoms with Gasteiger partial charge < -0.3 is 19.9 Å². The molecule has 1 aromatic carbocycles. The van der Waals surface area contributed by atoms with Crippen molar-refractivity contribution in [3.63, 3.8) is 0 Å². The Morgan fingerprint density at radius 3 is 2.39 bits per heavy atom. The van der Waals surface area contributed by atoms with Crippen LogP contribution in [0.15, 0.2) is 60.2 Å². The topological polar surface area (TPSA) is 122 Å². The molecule has 1 aliphatic rings. The van der Waals surface area contributed by atoms with Crippen molar-refractivity contribution in [1.29, 1.82) is 5.41 Å². The van der Waals surface area contributed by atoms with E-state index >= 15 is 0 Å². The molecule has 4 aromatic rings. The zero-order valence-electron chi connectivity index (χ0n) is 20.9. The fourth-order valence-electron chi connectivity index (χ4n) is 4.60. The van der Waals surface area contributed by atoms with Crippen molar-refractivity contribution in [1.82, 2.24) is 29.6 Å². The lowest BCUT2D eigenvalue weighted by Crippen LogP contribution is -2.49. The number of rotatable bonds is 6. The van der Waals surface area contributed by atoms with Gasteiger partial charge >= 0.3 is 0 Å². The second kappa shape index (κ2) is 10.1. The van der Waals surface area contributed by atoms with Gasteiger partial charge in [-0.15, -0.1) is 0 Å². The smallest absolute Gasteiger partial charge is 0.225 e. The highest BCUT2D eigenvalue weighted by Gasteiger charge is 2.33. The van der Waals surface area contributed by atoms with Crippen molar-refractivity contribution in [2.75, 3.05) is 31.1 Å². The van der Waals surface area contributed by atoms with Crippen molar-refractivity contribution in [3.05, 3.63) is 83.7 Å². The van der Waals surface area contributed by atoms with Crippen molar-refractivity contribution >= 4 is 18.1 Å². The third-order valence-electron chi connectivity index (χ3n) is 6.66. The highest BCUT2D eigenvalue weighted by molar-refractivity contribution is 6.01. The molecule has 4 heterocycles. The Morgan fingerprint density at radius 1 is 1.11 bits per heavy atom. The number of aromatic nitrogens is 5. The minimum absolute atomic E-state index is 0.181. The lowest BCUT2D eigenvalue weighted by atomic mass is 9.89. The van der Waals surface area contributed by atoms with Crippen LogP contribution in [-0.2, 0) is 12.6 Å². The number of aliphatic hydroxyl groups is 1. The van der Waals surface area contributed by atoms with Gasteiger partial charge in [0.2, 0.25) is 5.95 Å². The molecule has 0 unspecified atom stereocenters. The Hall–Kier alpha value is -4.45. The van der Waals surface area contributed by atoms with Gasteiger partial charge in [0.1, 0.15) is 23.6 Å². The summed E-state index contributed by atoms with van der Waals surface area (Å²) < 4.78 is 30.3. The first-order chi connectivity index (χ1) is 18.3. The molecule has 3 aromatic heterocycles. The number of H-pyrrole nitrogens is 1. The zero-order chi connectivity index (χ0) is 26.9. The molecule has 1 atom stereocenters. The molecule has 1 saturated heterocycles. The summed E-state index contributed by atoms with van der Waals surface area (Å²) in [6.07, 6.45) is 9.41. The van der Waals surface area contributed by atoms with E-state index in [-0.39, 0.29) is 5.56 Å². The maximum Gasteiger partial charge on any atom is 0.225 e. The van der Waals surface area contributed by atoms with Gasteiger partial charge in [-0.2, -0.15) is 5.10 Å². The summed E-state index contributed by atoms with van der Waals surface area (Å²) in [5, 5.41) is 22.7. The van der Waals surface area contributed by atoms with E-state index in [1.54, 1.807) is 10.9 Å². The van der Waals surface area contributed by atoms with Crippen LogP contribution in [0.5, 0.6) is 0 Å². The number of amidine groups is 1. The number of nitrogens with one attached hydrogen (secondary N) is 2. The van der Waals surface area contributed by atoms with E-state index in [4.69, 9.17) is 5.41 Å². The second-order valence-electron chi connectivity index (χ2n) is 9.20. The maximum atomic E-state index is 14.3. The molecule has 0 spiro atoms. The van der Waals surface area contributed by atoms with Gasteiger partial charge in [0.15, 0.2) is 5.84 Å². The second-order valence-corrected chi connectivity index (χ2v) is 9.20. The minimum atomic E-state index is -1.94. The Balaban J connectivity index is 1.28. The van der Waals surface area contributed by atoms with Crippen LogP contribution in [-0.4, -0.2) is 73.1 Å². The zero-order valence-corrected chi connectivity index (χ0v) is 20.9. The lowest BCUT2D eigenvalue weighted by Gasteiger charge is -2.36. The molecule has 1 aliphatic heterocycles. The fraction of sp³-hybridized carbons (Fsp3) is 0.269. The van der Waals surface area contributed by atoms with Gasteiger partial charge in [-0.1, -0.05) is 6.07 Å². The van der Waals surface area contributed by atoms with Crippen LogP contribution < -0.4 is 4.90 Å². The van der Waals surface area contributed by atoms with Crippen LogP contribution in [0.1, 0.15) is 23.7 Å². The highest BCUT2D eigenvalue weighted by Crippen LogP contribution is 2.32. The number of aliphatic imine (C=N–C) groups is 1. The molecule has 12 heteroatoms. The van der Waals surface area contributed by atoms with Crippen LogP contribution in [0, 0.1) is 17.0 Å². The number of hydrogen-bond donors (Lipinski definition) is 3. The standard InChI is InChI=1S/C26H27F2N9O/c1-26(38,23-20(27)4-3-5-21(23)28)19-13-31-25(32-14-19)37-8-6-36(7-9-37)24(33-16-29)22-10-17(11-30-22)18-12-34-35(2)15-18/h3-5,10-16,29-30,38H,6-9H2,1-2H3/t26-/m1/s1. The largest absolute Gasteiger partial charge is 0.380 e. The number of nitrogens with zero attached hydrogens (tertiary/aromatic N) is 7. The Kier molecular flexibility index (Phi) is 6.72. The van der Waals surface area contributed by atoms with Gasteiger partial charge in [0.25, 0.3) is 0 Å². The number of aryl methyl sites for hydroxylation is 1. The molecule has 5 rings (SSSR count).